The molecule has 27 heavy (non-hydrogen) atoms. The number of amides is 1. The van der Waals surface area contributed by atoms with Crippen LogP contribution >= 0.6 is 0 Å². The van der Waals surface area contributed by atoms with Crippen molar-refractivity contribution in [3.05, 3.63) is 95.1 Å². The number of carbonyl (C=O) groups excluding carboxylic acids is 1. The molecule has 3 aromatic rings. The van der Waals surface area contributed by atoms with Gasteiger partial charge in [-0.15, -0.1) is 0 Å². The predicted octanol–water partition coefficient (Wildman–Crippen LogP) is 3.24. The van der Waals surface area contributed by atoms with Crippen molar-refractivity contribution in [2.45, 2.75) is 33.0 Å². The zero-order valence-corrected chi connectivity index (χ0v) is 15.6. The lowest BCUT2D eigenvalue weighted by Gasteiger charge is -2.21. The van der Waals surface area contributed by atoms with Crippen LogP contribution in [0.25, 0.3) is 0 Å². The molecule has 1 aromatic carbocycles. The van der Waals surface area contributed by atoms with Gasteiger partial charge in [-0.1, -0.05) is 29.8 Å². The largest absolute Gasteiger partial charge is 0.350 e. The summed E-state index contributed by atoms with van der Waals surface area (Å²) in [6, 6.07) is 13.4. The van der Waals surface area contributed by atoms with Crippen LogP contribution in [0.15, 0.2) is 67.3 Å². The molecule has 0 aliphatic heterocycles. The topological polar surface area (TPSA) is 66.9 Å². The molecule has 2 aromatic heterocycles. The average molecular weight is 360 g/mol. The first-order valence-corrected chi connectivity index (χ1v) is 8.99. The van der Waals surface area contributed by atoms with E-state index in [0.29, 0.717) is 13.1 Å². The molecule has 0 fully saturated rings. The fourth-order valence-corrected chi connectivity index (χ4v) is 2.93. The molecule has 2 N–H and O–H groups in total. The number of aromatic nitrogens is 2. The molecule has 0 saturated heterocycles. The number of aryl methyl sites for hydroxylation is 2. The predicted molar refractivity (Wildman–Crippen MR) is 106 cm³/mol. The highest BCUT2D eigenvalue weighted by atomic mass is 16.2. The molecule has 1 amide bonds. The summed E-state index contributed by atoms with van der Waals surface area (Å²) in [5.41, 5.74) is 5.26. The lowest BCUT2D eigenvalue weighted by molar-refractivity contribution is -0.123. The van der Waals surface area contributed by atoms with Gasteiger partial charge in [-0.25, -0.2) is 0 Å². The zero-order valence-electron chi connectivity index (χ0n) is 15.6. The van der Waals surface area contributed by atoms with Crippen LogP contribution in [0.5, 0.6) is 0 Å². The van der Waals surface area contributed by atoms with Gasteiger partial charge in [0.15, 0.2) is 0 Å². The second-order valence-corrected chi connectivity index (χ2v) is 6.61. The number of benzene rings is 1. The summed E-state index contributed by atoms with van der Waals surface area (Å²) in [5, 5.41) is 6.43. The molecular formula is C22H24N4O. The van der Waals surface area contributed by atoms with Crippen molar-refractivity contribution in [3.8, 4) is 0 Å². The Morgan fingerprint density at radius 3 is 2.52 bits per heavy atom. The first-order valence-electron chi connectivity index (χ1n) is 8.99. The molecule has 0 saturated carbocycles. The van der Waals surface area contributed by atoms with Gasteiger partial charge in [0.1, 0.15) is 6.04 Å². The molecule has 138 valence electrons. The molecule has 0 spiro atoms. The van der Waals surface area contributed by atoms with E-state index in [1.54, 1.807) is 18.6 Å². The quantitative estimate of drug-likeness (QED) is 0.679. The third-order valence-electron chi connectivity index (χ3n) is 4.46. The second-order valence-electron chi connectivity index (χ2n) is 6.61. The first kappa shape index (κ1) is 18.7. The standard InChI is InChI=1S/C22H24N4O/c1-16-5-6-17(2)20(12-16)21(25-15-19-4-3-9-24-13-19)22(27)26-14-18-7-10-23-11-8-18/h3-13,21,25H,14-15H2,1-2H3,(H,26,27). The summed E-state index contributed by atoms with van der Waals surface area (Å²) < 4.78 is 0. The maximum absolute atomic E-state index is 13.0. The van der Waals surface area contributed by atoms with Crippen molar-refractivity contribution >= 4 is 5.91 Å². The Morgan fingerprint density at radius 2 is 1.78 bits per heavy atom. The Bertz CT molecular complexity index is 881. The molecule has 0 radical (unpaired) electrons. The van der Waals surface area contributed by atoms with E-state index < -0.39 is 6.04 Å². The van der Waals surface area contributed by atoms with E-state index >= 15 is 0 Å². The van der Waals surface area contributed by atoms with Gasteiger partial charge in [-0.3, -0.25) is 20.1 Å². The summed E-state index contributed by atoms with van der Waals surface area (Å²) in [6.07, 6.45) is 7.00. The number of hydrogen-bond donors (Lipinski definition) is 2. The minimum Gasteiger partial charge on any atom is -0.350 e. The molecule has 2 heterocycles. The fraction of sp³-hybridized carbons (Fsp3) is 0.227. The monoisotopic (exact) mass is 360 g/mol. The first-order chi connectivity index (χ1) is 13.1. The van der Waals surface area contributed by atoms with Gasteiger partial charge in [0, 0.05) is 37.9 Å². The minimum absolute atomic E-state index is 0.0515. The lowest BCUT2D eigenvalue weighted by atomic mass is 9.98. The van der Waals surface area contributed by atoms with E-state index in [1.165, 1.54) is 0 Å². The highest BCUT2D eigenvalue weighted by molar-refractivity contribution is 5.83. The van der Waals surface area contributed by atoms with E-state index in [0.717, 1.165) is 27.8 Å². The number of nitrogens with zero attached hydrogens (tertiary/aromatic N) is 2. The number of nitrogens with one attached hydrogen (secondary N) is 2. The van der Waals surface area contributed by atoms with Gasteiger partial charge in [-0.05, 0) is 54.3 Å². The molecular weight excluding hydrogens is 336 g/mol. The van der Waals surface area contributed by atoms with Gasteiger partial charge >= 0.3 is 0 Å². The van der Waals surface area contributed by atoms with Crippen molar-refractivity contribution in [1.82, 2.24) is 20.6 Å². The number of rotatable bonds is 7. The van der Waals surface area contributed by atoms with E-state index in [9.17, 15) is 4.79 Å². The Morgan fingerprint density at radius 1 is 0.963 bits per heavy atom. The van der Waals surface area contributed by atoms with E-state index in [-0.39, 0.29) is 5.91 Å². The third kappa shape index (κ3) is 5.21. The van der Waals surface area contributed by atoms with E-state index in [1.807, 2.05) is 44.3 Å². The third-order valence-corrected chi connectivity index (χ3v) is 4.46. The van der Waals surface area contributed by atoms with Crippen LogP contribution in [0.1, 0.15) is 33.9 Å². The van der Waals surface area contributed by atoms with Crippen LogP contribution in [-0.2, 0) is 17.9 Å². The molecule has 0 bridgehead atoms. The van der Waals surface area contributed by atoms with Crippen molar-refractivity contribution in [3.63, 3.8) is 0 Å². The Balaban J connectivity index is 1.77. The number of hydrogen-bond acceptors (Lipinski definition) is 4. The van der Waals surface area contributed by atoms with Crippen LogP contribution < -0.4 is 10.6 Å². The van der Waals surface area contributed by atoms with Gasteiger partial charge in [0.25, 0.3) is 0 Å². The molecule has 5 heteroatoms. The van der Waals surface area contributed by atoms with Crippen molar-refractivity contribution < 1.29 is 4.79 Å². The van der Waals surface area contributed by atoms with Crippen LogP contribution in [0, 0.1) is 13.8 Å². The van der Waals surface area contributed by atoms with Crippen LogP contribution in [0.3, 0.4) is 0 Å². The second kappa shape index (κ2) is 9.05. The minimum atomic E-state index is -0.438. The van der Waals surface area contributed by atoms with E-state index in [2.05, 4.69) is 38.8 Å². The summed E-state index contributed by atoms with van der Waals surface area (Å²) in [5.74, 6) is -0.0515. The normalized spacial score (nSPS) is 11.8. The van der Waals surface area contributed by atoms with Crippen molar-refractivity contribution in [2.24, 2.45) is 0 Å². The van der Waals surface area contributed by atoms with Crippen molar-refractivity contribution in [2.75, 3.05) is 0 Å². The van der Waals surface area contributed by atoms with Crippen LogP contribution in [-0.4, -0.2) is 15.9 Å². The molecule has 0 aliphatic carbocycles. The number of pyridine rings is 2. The van der Waals surface area contributed by atoms with Gasteiger partial charge < -0.3 is 5.32 Å². The SMILES string of the molecule is Cc1ccc(C)c(C(NCc2cccnc2)C(=O)NCc2ccncc2)c1. The smallest absolute Gasteiger partial charge is 0.242 e. The molecule has 3 rings (SSSR count). The highest BCUT2D eigenvalue weighted by Gasteiger charge is 2.22. The summed E-state index contributed by atoms with van der Waals surface area (Å²) in [7, 11) is 0. The summed E-state index contributed by atoms with van der Waals surface area (Å²) in [4.78, 5) is 21.1. The Labute approximate surface area is 159 Å². The molecule has 1 unspecified atom stereocenters. The molecule has 1 atom stereocenters. The van der Waals surface area contributed by atoms with Crippen LogP contribution in [0.4, 0.5) is 0 Å². The summed E-state index contributed by atoms with van der Waals surface area (Å²) in [6.45, 7) is 5.10. The van der Waals surface area contributed by atoms with Gasteiger partial charge in [-0.2, -0.15) is 0 Å². The maximum atomic E-state index is 13.0. The maximum Gasteiger partial charge on any atom is 0.242 e. The average Bonchev–Trinajstić information content (AvgIpc) is 2.70. The molecule has 5 nitrogen and oxygen atoms in total. The lowest BCUT2D eigenvalue weighted by Crippen LogP contribution is -2.37. The summed E-state index contributed by atoms with van der Waals surface area (Å²) >= 11 is 0. The number of carbonyl (C=O) groups is 1. The van der Waals surface area contributed by atoms with Gasteiger partial charge in [0.2, 0.25) is 5.91 Å². The zero-order chi connectivity index (χ0) is 19.1. The van der Waals surface area contributed by atoms with Crippen LogP contribution in [0.2, 0.25) is 0 Å². The van der Waals surface area contributed by atoms with Crippen molar-refractivity contribution in [1.29, 1.82) is 0 Å². The van der Waals surface area contributed by atoms with E-state index in [4.69, 9.17) is 0 Å². The Hall–Kier alpha value is -3.05. The molecule has 0 aliphatic rings. The fourth-order valence-electron chi connectivity index (χ4n) is 2.93. The highest BCUT2D eigenvalue weighted by Crippen LogP contribution is 2.20. The Kier molecular flexibility index (Phi) is 6.28. The van der Waals surface area contributed by atoms with Gasteiger partial charge in [0.05, 0.1) is 0 Å².